The van der Waals surface area contributed by atoms with Crippen LogP contribution in [0.4, 0.5) is 26.3 Å². The summed E-state index contributed by atoms with van der Waals surface area (Å²) in [4.78, 5) is 16.2. The Morgan fingerprint density at radius 1 is 0.967 bits per heavy atom. The van der Waals surface area contributed by atoms with Gasteiger partial charge in [0.25, 0.3) is 0 Å². The normalized spacial score (nSPS) is 12.1. The summed E-state index contributed by atoms with van der Waals surface area (Å²) in [5.41, 5.74) is -2.90. The van der Waals surface area contributed by atoms with E-state index in [1.807, 2.05) is 0 Å². The average Bonchev–Trinajstić information content (AvgIpc) is 3.12. The number of benzene rings is 2. The van der Waals surface area contributed by atoms with E-state index in [2.05, 4.69) is 4.98 Å². The molecule has 1 heterocycles. The van der Waals surface area contributed by atoms with E-state index in [1.54, 1.807) is 0 Å². The predicted octanol–water partition coefficient (Wildman–Crippen LogP) is 6.22. The molecule has 10 heteroatoms. The number of alkyl halides is 6. The van der Waals surface area contributed by atoms with Crippen molar-refractivity contribution in [1.82, 2.24) is 4.98 Å². The number of rotatable bonds is 4. The number of hydrogen-bond acceptors (Lipinski definition) is 4. The van der Waals surface area contributed by atoms with Gasteiger partial charge in [-0.25, -0.2) is 9.78 Å². The Labute approximate surface area is 166 Å². The number of hydrogen-bond donors (Lipinski definition) is 0. The summed E-state index contributed by atoms with van der Waals surface area (Å²) in [6.07, 6.45) is -9.31. The smallest absolute Gasteiger partial charge is 0.417 e. The maximum atomic E-state index is 13.4. The molecule has 0 bridgehead atoms. The van der Waals surface area contributed by atoms with Crippen LogP contribution in [-0.2, 0) is 17.1 Å². The van der Waals surface area contributed by atoms with E-state index in [9.17, 15) is 31.1 Å². The summed E-state index contributed by atoms with van der Waals surface area (Å²) in [7, 11) is 0. The lowest BCUT2D eigenvalue weighted by Gasteiger charge is -2.11. The molecule has 0 amide bonds. The molecule has 0 aliphatic rings. The minimum absolute atomic E-state index is 0.0456. The van der Waals surface area contributed by atoms with Crippen LogP contribution >= 0.6 is 0 Å². The van der Waals surface area contributed by atoms with E-state index >= 15 is 0 Å². The Morgan fingerprint density at radius 2 is 1.60 bits per heavy atom. The first kappa shape index (κ1) is 21.4. The van der Waals surface area contributed by atoms with Crippen molar-refractivity contribution in [1.29, 1.82) is 0 Å². The monoisotopic (exact) mass is 429 g/mol. The van der Waals surface area contributed by atoms with Gasteiger partial charge in [0, 0.05) is 11.1 Å². The second-order valence-corrected chi connectivity index (χ2v) is 6.04. The fourth-order valence-corrected chi connectivity index (χ4v) is 2.69. The van der Waals surface area contributed by atoms with Gasteiger partial charge < -0.3 is 9.15 Å². The lowest BCUT2D eigenvalue weighted by Crippen LogP contribution is -2.10. The third-order valence-electron chi connectivity index (χ3n) is 4.03. The summed E-state index contributed by atoms with van der Waals surface area (Å²) < 4.78 is 88.8. The summed E-state index contributed by atoms with van der Waals surface area (Å²) >= 11 is 0. The van der Waals surface area contributed by atoms with Crippen molar-refractivity contribution in [3.8, 4) is 22.8 Å². The van der Waals surface area contributed by atoms with Crippen LogP contribution in [0.2, 0.25) is 0 Å². The second-order valence-electron chi connectivity index (χ2n) is 6.04. The molecular weight excluding hydrogens is 416 g/mol. The van der Waals surface area contributed by atoms with E-state index in [0.717, 1.165) is 36.4 Å². The van der Waals surface area contributed by atoms with Crippen molar-refractivity contribution < 1.29 is 40.3 Å². The summed E-state index contributed by atoms with van der Waals surface area (Å²) in [6.45, 7) is 1.43. The van der Waals surface area contributed by atoms with Gasteiger partial charge in [-0.05, 0) is 37.3 Å². The fourth-order valence-electron chi connectivity index (χ4n) is 2.69. The van der Waals surface area contributed by atoms with Crippen LogP contribution in [0.15, 0.2) is 52.9 Å². The SMILES string of the molecule is CCOC(=O)c1nc(-c2ccc(C(F)(F)F)cc2)oc1-c1ccccc1C(F)(F)F. The number of aromatic nitrogens is 1. The number of halogens is 6. The molecule has 2 aromatic carbocycles. The molecule has 30 heavy (non-hydrogen) atoms. The zero-order valence-corrected chi connectivity index (χ0v) is 15.3. The Kier molecular flexibility index (Phi) is 5.60. The van der Waals surface area contributed by atoms with Crippen molar-refractivity contribution in [3.05, 3.63) is 65.4 Å². The largest absolute Gasteiger partial charge is 0.461 e. The number of esters is 1. The van der Waals surface area contributed by atoms with Crippen LogP contribution in [0.5, 0.6) is 0 Å². The molecule has 158 valence electrons. The summed E-state index contributed by atoms with van der Waals surface area (Å²) in [5, 5.41) is 0. The first-order valence-corrected chi connectivity index (χ1v) is 8.54. The van der Waals surface area contributed by atoms with Crippen molar-refractivity contribution in [2.24, 2.45) is 0 Å². The van der Waals surface area contributed by atoms with Gasteiger partial charge in [0.2, 0.25) is 5.89 Å². The number of ether oxygens (including phenoxy) is 1. The molecule has 0 atom stereocenters. The van der Waals surface area contributed by atoms with Gasteiger partial charge in [0.15, 0.2) is 11.5 Å². The van der Waals surface area contributed by atoms with E-state index in [0.29, 0.717) is 0 Å². The highest BCUT2D eigenvalue weighted by molar-refractivity contribution is 5.95. The molecule has 1 aromatic heterocycles. The van der Waals surface area contributed by atoms with Crippen LogP contribution < -0.4 is 0 Å². The van der Waals surface area contributed by atoms with Crippen molar-refractivity contribution in [3.63, 3.8) is 0 Å². The van der Waals surface area contributed by atoms with Crippen molar-refractivity contribution in [2.45, 2.75) is 19.3 Å². The Balaban J connectivity index is 2.15. The Bertz CT molecular complexity index is 1050. The molecular formula is C20H13F6NO3. The highest BCUT2D eigenvalue weighted by atomic mass is 19.4. The first-order valence-electron chi connectivity index (χ1n) is 8.54. The summed E-state index contributed by atoms with van der Waals surface area (Å²) in [5.74, 6) is -1.83. The van der Waals surface area contributed by atoms with Gasteiger partial charge in [0.1, 0.15) is 0 Å². The molecule has 0 N–H and O–H groups in total. The van der Waals surface area contributed by atoms with Crippen LogP contribution in [-0.4, -0.2) is 17.6 Å². The first-order chi connectivity index (χ1) is 14.0. The molecule has 4 nitrogen and oxygen atoms in total. The van der Waals surface area contributed by atoms with E-state index in [-0.39, 0.29) is 18.1 Å². The predicted molar refractivity (Wildman–Crippen MR) is 93.3 cm³/mol. The molecule has 0 unspecified atom stereocenters. The van der Waals surface area contributed by atoms with Crippen LogP contribution in [0.1, 0.15) is 28.5 Å². The summed E-state index contributed by atoms with van der Waals surface area (Å²) in [6, 6.07) is 8.03. The highest BCUT2D eigenvalue weighted by Gasteiger charge is 2.36. The second kappa shape index (κ2) is 7.85. The molecule has 0 radical (unpaired) electrons. The van der Waals surface area contributed by atoms with Crippen LogP contribution in [0, 0.1) is 0 Å². The molecule has 0 saturated carbocycles. The molecule has 3 aromatic rings. The molecule has 0 spiro atoms. The van der Waals surface area contributed by atoms with Gasteiger partial charge in [-0.1, -0.05) is 18.2 Å². The Morgan fingerprint density at radius 3 is 2.17 bits per heavy atom. The maximum absolute atomic E-state index is 13.4. The van der Waals surface area contributed by atoms with E-state index < -0.39 is 46.5 Å². The fraction of sp³-hybridized carbons (Fsp3) is 0.200. The molecule has 0 fully saturated rings. The van der Waals surface area contributed by atoms with E-state index in [1.165, 1.54) is 19.1 Å². The lowest BCUT2D eigenvalue weighted by atomic mass is 10.0. The topological polar surface area (TPSA) is 52.3 Å². The van der Waals surface area contributed by atoms with E-state index in [4.69, 9.17) is 9.15 Å². The maximum Gasteiger partial charge on any atom is 0.417 e. The number of nitrogens with zero attached hydrogens (tertiary/aromatic N) is 1. The Hall–Kier alpha value is -3.30. The quantitative estimate of drug-likeness (QED) is 0.365. The number of oxazole rings is 1. The average molecular weight is 429 g/mol. The van der Waals surface area contributed by atoms with Gasteiger partial charge in [-0.3, -0.25) is 0 Å². The number of carbonyl (C=O) groups excluding carboxylic acids is 1. The molecule has 3 rings (SSSR count). The zero-order valence-electron chi connectivity index (χ0n) is 15.3. The van der Waals surface area contributed by atoms with Crippen LogP contribution in [0.25, 0.3) is 22.8 Å². The van der Waals surface area contributed by atoms with Crippen LogP contribution in [0.3, 0.4) is 0 Å². The van der Waals surface area contributed by atoms with Gasteiger partial charge >= 0.3 is 18.3 Å². The van der Waals surface area contributed by atoms with Gasteiger partial charge in [0.05, 0.1) is 17.7 Å². The lowest BCUT2D eigenvalue weighted by molar-refractivity contribution is -0.138. The zero-order chi connectivity index (χ0) is 22.1. The van der Waals surface area contributed by atoms with Gasteiger partial charge in [-0.2, -0.15) is 26.3 Å². The third-order valence-corrected chi connectivity index (χ3v) is 4.03. The molecule has 0 aliphatic heterocycles. The molecule has 0 aliphatic carbocycles. The third kappa shape index (κ3) is 4.32. The van der Waals surface area contributed by atoms with Crippen molar-refractivity contribution >= 4 is 5.97 Å². The number of carbonyl (C=O) groups is 1. The molecule has 0 saturated heterocycles. The standard InChI is InChI=1S/C20H13F6NO3/c1-2-29-18(28)15-16(13-5-3-4-6-14(13)20(24,25)26)30-17(27-15)11-7-9-12(10-8-11)19(21,22)23/h3-10H,2H2,1H3. The minimum atomic E-state index is -4.75. The highest BCUT2D eigenvalue weighted by Crippen LogP contribution is 2.40. The van der Waals surface area contributed by atoms with Gasteiger partial charge in [-0.15, -0.1) is 0 Å². The van der Waals surface area contributed by atoms with Crippen molar-refractivity contribution in [2.75, 3.05) is 6.61 Å². The minimum Gasteiger partial charge on any atom is -0.461 e.